The minimum absolute atomic E-state index is 0.129. The SMILES string of the molecule is COCCOc1cc(C(=O)N2CCc3ccc(C(=O)O)cc3C2)ccn1. The molecule has 0 saturated heterocycles. The number of ether oxygens (including phenoxy) is 2. The first-order valence-electron chi connectivity index (χ1n) is 8.30. The molecule has 7 heteroatoms. The van der Waals surface area contributed by atoms with E-state index in [0.717, 1.165) is 11.1 Å². The van der Waals surface area contributed by atoms with E-state index in [4.69, 9.17) is 14.6 Å². The Morgan fingerprint density at radius 3 is 2.77 bits per heavy atom. The largest absolute Gasteiger partial charge is 0.478 e. The number of carbonyl (C=O) groups is 2. The van der Waals surface area contributed by atoms with Crippen LogP contribution in [0.3, 0.4) is 0 Å². The number of hydrogen-bond acceptors (Lipinski definition) is 5. The molecule has 1 aliphatic rings. The van der Waals surface area contributed by atoms with E-state index in [2.05, 4.69) is 4.98 Å². The van der Waals surface area contributed by atoms with Crippen LogP contribution in [0.1, 0.15) is 31.8 Å². The number of aromatic nitrogens is 1. The van der Waals surface area contributed by atoms with Gasteiger partial charge in [0.15, 0.2) is 0 Å². The Labute approximate surface area is 151 Å². The lowest BCUT2D eigenvalue weighted by Gasteiger charge is -2.29. The normalized spacial score (nSPS) is 13.2. The second-order valence-corrected chi connectivity index (χ2v) is 5.99. The number of fused-ring (bicyclic) bond motifs is 1. The van der Waals surface area contributed by atoms with Gasteiger partial charge in [0.2, 0.25) is 5.88 Å². The van der Waals surface area contributed by atoms with E-state index < -0.39 is 5.97 Å². The summed E-state index contributed by atoms with van der Waals surface area (Å²) >= 11 is 0. The zero-order chi connectivity index (χ0) is 18.5. The second-order valence-electron chi connectivity index (χ2n) is 5.99. The van der Waals surface area contributed by atoms with Gasteiger partial charge in [0.1, 0.15) is 6.61 Å². The number of amides is 1. The molecule has 26 heavy (non-hydrogen) atoms. The highest BCUT2D eigenvalue weighted by atomic mass is 16.5. The Morgan fingerprint density at radius 2 is 2.00 bits per heavy atom. The minimum atomic E-state index is -0.969. The lowest BCUT2D eigenvalue weighted by Crippen LogP contribution is -2.36. The molecule has 0 aliphatic carbocycles. The van der Waals surface area contributed by atoms with Crippen molar-refractivity contribution < 1.29 is 24.2 Å². The van der Waals surface area contributed by atoms with Gasteiger partial charge in [-0.05, 0) is 35.7 Å². The van der Waals surface area contributed by atoms with Crippen molar-refractivity contribution in [1.29, 1.82) is 0 Å². The van der Waals surface area contributed by atoms with E-state index in [0.29, 0.717) is 44.2 Å². The Hall–Kier alpha value is -2.93. The predicted molar refractivity (Wildman–Crippen MR) is 93.5 cm³/mol. The number of hydrogen-bond donors (Lipinski definition) is 1. The molecule has 1 aromatic carbocycles. The van der Waals surface area contributed by atoms with Crippen LogP contribution in [0.25, 0.3) is 0 Å². The Balaban J connectivity index is 1.74. The molecule has 136 valence electrons. The first-order chi connectivity index (χ1) is 12.6. The van der Waals surface area contributed by atoms with Gasteiger partial charge in [-0.25, -0.2) is 9.78 Å². The summed E-state index contributed by atoms with van der Waals surface area (Å²) in [5, 5.41) is 9.15. The highest BCUT2D eigenvalue weighted by Crippen LogP contribution is 2.22. The fourth-order valence-electron chi connectivity index (χ4n) is 2.90. The van der Waals surface area contributed by atoms with Crippen molar-refractivity contribution in [1.82, 2.24) is 9.88 Å². The van der Waals surface area contributed by atoms with Crippen LogP contribution in [0.15, 0.2) is 36.5 Å². The maximum Gasteiger partial charge on any atom is 0.335 e. The summed E-state index contributed by atoms with van der Waals surface area (Å²) < 4.78 is 10.4. The van der Waals surface area contributed by atoms with Crippen LogP contribution in [-0.4, -0.2) is 53.7 Å². The number of carboxylic acids is 1. The minimum Gasteiger partial charge on any atom is -0.478 e. The zero-order valence-electron chi connectivity index (χ0n) is 14.5. The van der Waals surface area contributed by atoms with Crippen LogP contribution in [0, 0.1) is 0 Å². The number of nitrogens with zero attached hydrogens (tertiary/aromatic N) is 2. The van der Waals surface area contributed by atoms with E-state index in [1.165, 1.54) is 6.20 Å². The molecule has 0 spiro atoms. The maximum absolute atomic E-state index is 12.8. The number of methoxy groups -OCH3 is 1. The topological polar surface area (TPSA) is 89.0 Å². The molecular formula is C19H20N2O5. The lowest BCUT2D eigenvalue weighted by atomic mass is 9.97. The van der Waals surface area contributed by atoms with Gasteiger partial charge in [-0.3, -0.25) is 4.79 Å². The average Bonchev–Trinajstić information content (AvgIpc) is 2.67. The van der Waals surface area contributed by atoms with Crippen molar-refractivity contribution in [2.75, 3.05) is 26.9 Å². The van der Waals surface area contributed by atoms with Gasteiger partial charge >= 0.3 is 5.97 Å². The maximum atomic E-state index is 12.8. The third-order valence-corrected chi connectivity index (χ3v) is 4.27. The predicted octanol–water partition coefficient (Wildman–Crippen LogP) is 2.00. The molecule has 1 aromatic heterocycles. The van der Waals surface area contributed by atoms with Crippen molar-refractivity contribution in [3.8, 4) is 5.88 Å². The molecule has 1 aliphatic heterocycles. The van der Waals surface area contributed by atoms with E-state index in [-0.39, 0.29) is 11.5 Å². The third kappa shape index (κ3) is 4.00. The summed E-state index contributed by atoms with van der Waals surface area (Å²) in [7, 11) is 1.58. The molecule has 2 heterocycles. The third-order valence-electron chi connectivity index (χ3n) is 4.27. The molecule has 0 radical (unpaired) electrons. The first kappa shape index (κ1) is 17.9. The van der Waals surface area contributed by atoms with Crippen LogP contribution in [0.2, 0.25) is 0 Å². The Bertz CT molecular complexity index is 821. The summed E-state index contributed by atoms with van der Waals surface area (Å²) in [5.41, 5.74) is 2.67. The molecule has 2 aromatic rings. The van der Waals surface area contributed by atoms with Crippen molar-refractivity contribution in [2.24, 2.45) is 0 Å². The molecule has 0 unspecified atom stereocenters. The van der Waals surface area contributed by atoms with E-state index >= 15 is 0 Å². The second kappa shape index (κ2) is 7.97. The number of rotatable bonds is 6. The van der Waals surface area contributed by atoms with Gasteiger partial charge in [-0.1, -0.05) is 6.07 Å². The molecule has 1 N–H and O–H groups in total. The lowest BCUT2D eigenvalue weighted by molar-refractivity contribution is 0.0696. The molecule has 7 nitrogen and oxygen atoms in total. The fraction of sp³-hybridized carbons (Fsp3) is 0.316. The number of benzene rings is 1. The number of pyridine rings is 1. The highest BCUT2D eigenvalue weighted by molar-refractivity contribution is 5.94. The van der Waals surface area contributed by atoms with E-state index in [1.54, 1.807) is 36.3 Å². The van der Waals surface area contributed by atoms with Crippen LogP contribution < -0.4 is 4.74 Å². The molecule has 0 bridgehead atoms. The summed E-state index contributed by atoms with van der Waals surface area (Å²) in [6.45, 7) is 1.77. The summed E-state index contributed by atoms with van der Waals surface area (Å²) in [5.74, 6) is -0.725. The number of carbonyl (C=O) groups excluding carboxylic acids is 1. The van der Waals surface area contributed by atoms with Crippen molar-refractivity contribution >= 4 is 11.9 Å². The van der Waals surface area contributed by atoms with Crippen molar-refractivity contribution in [2.45, 2.75) is 13.0 Å². The quantitative estimate of drug-likeness (QED) is 0.797. The number of carboxylic acid groups (broad SMARTS) is 1. The van der Waals surface area contributed by atoms with Crippen molar-refractivity contribution in [3.63, 3.8) is 0 Å². The van der Waals surface area contributed by atoms with Gasteiger partial charge in [-0.15, -0.1) is 0 Å². The van der Waals surface area contributed by atoms with Crippen LogP contribution in [-0.2, 0) is 17.7 Å². The molecule has 3 rings (SSSR count). The zero-order valence-corrected chi connectivity index (χ0v) is 14.5. The standard InChI is InChI=1S/C19H20N2O5/c1-25-8-9-26-17-11-14(4-6-20-17)18(22)21-7-5-13-2-3-15(19(23)24)10-16(13)12-21/h2-4,6,10-11H,5,7-9,12H2,1H3,(H,23,24). The van der Waals surface area contributed by atoms with E-state index in [1.807, 2.05) is 6.07 Å². The molecule has 0 saturated carbocycles. The van der Waals surface area contributed by atoms with Gasteiger partial charge in [0.25, 0.3) is 5.91 Å². The first-order valence-corrected chi connectivity index (χ1v) is 8.30. The van der Waals surface area contributed by atoms with Gasteiger partial charge in [0.05, 0.1) is 12.2 Å². The van der Waals surface area contributed by atoms with Crippen LogP contribution in [0.5, 0.6) is 5.88 Å². The van der Waals surface area contributed by atoms with Crippen molar-refractivity contribution in [3.05, 3.63) is 58.8 Å². The smallest absolute Gasteiger partial charge is 0.335 e. The fourth-order valence-corrected chi connectivity index (χ4v) is 2.90. The summed E-state index contributed by atoms with van der Waals surface area (Å²) in [6.07, 6.45) is 2.24. The van der Waals surface area contributed by atoms with Crippen LogP contribution in [0.4, 0.5) is 0 Å². The van der Waals surface area contributed by atoms with Gasteiger partial charge in [-0.2, -0.15) is 0 Å². The highest BCUT2D eigenvalue weighted by Gasteiger charge is 2.23. The molecule has 1 amide bonds. The number of aromatic carboxylic acids is 1. The Kier molecular flexibility index (Phi) is 5.48. The summed E-state index contributed by atoms with van der Waals surface area (Å²) in [6, 6.07) is 8.33. The molecule has 0 atom stereocenters. The molecule has 0 fully saturated rings. The summed E-state index contributed by atoms with van der Waals surface area (Å²) in [4.78, 5) is 29.8. The Morgan fingerprint density at radius 1 is 1.15 bits per heavy atom. The van der Waals surface area contributed by atoms with Crippen LogP contribution >= 0.6 is 0 Å². The van der Waals surface area contributed by atoms with E-state index in [9.17, 15) is 9.59 Å². The monoisotopic (exact) mass is 356 g/mol. The average molecular weight is 356 g/mol. The molecular weight excluding hydrogens is 336 g/mol. The van der Waals surface area contributed by atoms with Gasteiger partial charge < -0.3 is 19.5 Å². The van der Waals surface area contributed by atoms with Gasteiger partial charge in [0, 0.05) is 38.0 Å².